The van der Waals surface area contributed by atoms with Crippen LogP contribution in [0.25, 0.3) is 6.08 Å². The molecule has 0 bridgehead atoms. The summed E-state index contributed by atoms with van der Waals surface area (Å²) in [6.07, 6.45) is 2.86. The number of carbonyl (C=O) groups excluding carboxylic acids is 2. The van der Waals surface area contributed by atoms with Crippen molar-refractivity contribution in [3.05, 3.63) is 52.3 Å². The van der Waals surface area contributed by atoms with Crippen molar-refractivity contribution in [1.82, 2.24) is 20.6 Å². The Morgan fingerprint density at radius 3 is 2.54 bits per heavy atom. The Bertz CT molecular complexity index is 857. The number of ether oxygens (including phenoxy) is 1. The van der Waals surface area contributed by atoms with Crippen LogP contribution in [0.1, 0.15) is 30.7 Å². The molecule has 0 atom stereocenters. The minimum absolute atomic E-state index is 0.208. The number of hydrogen-bond acceptors (Lipinski definition) is 4. The molecule has 2 amide bonds. The molecule has 1 aromatic heterocycles. The Balaban J connectivity index is 1.82. The number of aromatic nitrogens is 2. The van der Waals surface area contributed by atoms with Crippen molar-refractivity contribution in [2.45, 2.75) is 34.2 Å². The first-order chi connectivity index (χ1) is 13.3. The van der Waals surface area contributed by atoms with Crippen molar-refractivity contribution in [3.63, 3.8) is 0 Å². The molecule has 0 radical (unpaired) electrons. The van der Waals surface area contributed by atoms with Crippen molar-refractivity contribution in [2.24, 2.45) is 5.92 Å². The summed E-state index contributed by atoms with van der Waals surface area (Å²) in [6, 6.07) is 7.32. The van der Waals surface area contributed by atoms with Crippen molar-refractivity contribution < 1.29 is 14.3 Å². The number of nitrogens with zero attached hydrogens (tertiary/aromatic N) is 2. The minimum Gasteiger partial charge on any atom is -0.484 e. The highest BCUT2D eigenvalue weighted by molar-refractivity contribution is 6.31. The van der Waals surface area contributed by atoms with Crippen LogP contribution in [0.2, 0.25) is 5.15 Å². The zero-order valence-corrected chi connectivity index (χ0v) is 17.2. The van der Waals surface area contributed by atoms with Gasteiger partial charge in [0.1, 0.15) is 10.9 Å². The van der Waals surface area contributed by atoms with Gasteiger partial charge in [-0.3, -0.25) is 25.1 Å². The van der Waals surface area contributed by atoms with Gasteiger partial charge in [0.15, 0.2) is 6.61 Å². The second-order valence-electron chi connectivity index (χ2n) is 6.84. The summed E-state index contributed by atoms with van der Waals surface area (Å²) in [7, 11) is 0. The fourth-order valence-corrected chi connectivity index (χ4v) is 2.68. The van der Waals surface area contributed by atoms with Gasteiger partial charge in [0.05, 0.1) is 5.69 Å². The van der Waals surface area contributed by atoms with Crippen LogP contribution in [0.5, 0.6) is 5.75 Å². The highest BCUT2D eigenvalue weighted by atomic mass is 35.5. The third-order valence-corrected chi connectivity index (χ3v) is 4.16. The molecule has 0 aliphatic carbocycles. The van der Waals surface area contributed by atoms with E-state index in [4.69, 9.17) is 16.3 Å². The number of hydrazine groups is 1. The van der Waals surface area contributed by atoms with Gasteiger partial charge in [-0.2, -0.15) is 5.10 Å². The predicted octanol–water partition coefficient (Wildman–Crippen LogP) is 3.05. The maximum Gasteiger partial charge on any atom is 0.276 e. The molecule has 0 saturated heterocycles. The lowest BCUT2D eigenvalue weighted by Gasteiger charge is -2.07. The minimum atomic E-state index is -0.490. The molecule has 2 aromatic rings. The number of hydrogen-bond donors (Lipinski definition) is 2. The number of benzene rings is 1. The topological polar surface area (TPSA) is 85.2 Å². The van der Waals surface area contributed by atoms with Crippen LogP contribution >= 0.6 is 11.6 Å². The SMILES string of the molecule is Cc1ccc(OCC(=O)NNC(=O)C=Cc2c(C)nn(CC(C)C)c2Cl)cc1. The quantitative estimate of drug-likeness (QED) is 0.548. The van der Waals surface area contributed by atoms with Crippen LogP contribution < -0.4 is 15.6 Å². The van der Waals surface area contributed by atoms with Crippen LogP contribution in [0.15, 0.2) is 30.3 Å². The monoisotopic (exact) mass is 404 g/mol. The molecule has 0 spiro atoms. The zero-order chi connectivity index (χ0) is 20.7. The van der Waals surface area contributed by atoms with E-state index >= 15 is 0 Å². The fraction of sp³-hybridized carbons (Fsp3) is 0.350. The van der Waals surface area contributed by atoms with Crippen LogP contribution in [-0.4, -0.2) is 28.2 Å². The van der Waals surface area contributed by atoms with Crippen LogP contribution in [0.4, 0.5) is 0 Å². The van der Waals surface area contributed by atoms with Gasteiger partial charge in [-0.15, -0.1) is 0 Å². The molecular formula is C20H25ClN4O3. The van der Waals surface area contributed by atoms with Gasteiger partial charge < -0.3 is 4.74 Å². The second kappa shape index (κ2) is 9.94. The lowest BCUT2D eigenvalue weighted by molar-refractivity contribution is -0.128. The number of aryl methyl sites for hydroxylation is 2. The fourth-order valence-electron chi connectivity index (χ4n) is 2.37. The number of carbonyl (C=O) groups is 2. The Morgan fingerprint density at radius 1 is 1.21 bits per heavy atom. The largest absolute Gasteiger partial charge is 0.484 e. The first kappa shape index (κ1) is 21.5. The van der Waals surface area contributed by atoms with E-state index in [1.807, 2.05) is 26.0 Å². The third-order valence-electron chi connectivity index (χ3n) is 3.76. The van der Waals surface area contributed by atoms with Gasteiger partial charge in [0.2, 0.25) is 0 Å². The van der Waals surface area contributed by atoms with E-state index in [2.05, 4.69) is 29.8 Å². The average molecular weight is 405 g/mol. The van der Waals surface area contributed by atoms with Gasteiger partial charge in [-0.1, -0.05) is 43.1 Å². The van der Waals surface area contributed by atoms with Crippen molar-refractivity contribution in [3.8, 4) is 5.75 Å². The summed E-state index contributed by atoms with van der Waals surface area (Å²) in [6.45, 7) is 8.41. The third kappa shape index (κ3) is 6.42. The van der Waals surface area contributed by atoms with Crippen molar-refractivity contribution in [2.75, 3.05) is 6.61 Å². The van der Waals surface area contributed by atoms with E-state index in [0.717, 1.165) is 11.3 Å². The van der Waals surface area contributed by atoms with E-state index in [0.29, 0.717) is 28.9 Å². The second-order valence-corrected chi connectivity index (χ2v) is 7.20. The molecule has 0 unspecified atom stereocenters. The van der Waals surface area contributed by atoms with Crippen LogP contribution in [0.3, 0.4) is 0 Å². The summed E-state index contributed by atoms with van der Waals surface area (Å²) < 4.78 is 7.05. The summed E-state index contributed by atoms with van der Waals surface area (Å²) in [5.74, 6) is 0.0156. The summed E-state index contributed by atoms with van der Waals surface area (Å²) in [4.78, 5) is 23.7. The van der Waals surface area contributed by atoms with Gasteiger partial charge in [-0.25, -0.2) is 0 Å². The number of rotatable bonds is 7. The maximum absolute atomic E-state index is 11.9. The number of halogens is 1. The first-order valence-electron chi connectivity index (χ1n) is 8.95. The molecule has 2 N–H and O–H groups in total. The summed E-state index contributed by atoms with van der Waals surface area (Å²) >= 11 is 6.33. The zero-order valence-electron chi connectivity index (χ0n) is 16.5. The number of amides is 2. The molecule has 2 rings (SSSR count). The van der Waals surface area contributed by atoms with Crippen LogP contribution in [-0.2, 0) is 16.1 Å². The normalized spacial score (nSPS) is 11.1. The molecule has 0 fully saturated rings. The van der Waals surface area contributed by atoms with E-state index in [1.165, 1.54) is 6.08 Å². The molecule has 28 heavy (non-hydrogen) atoms. The highest BCUT2D eigenvalue weighted by Gasteiger charge is 2.12. The Morgan fingerprint density at radius 2 is 1.89 bits per heavy atom. The van der Waals surface area contributed by atoms with Gasteiger partial charge in [-0.05, 0) is 38.0 Å². The molecular weight excluding hydrogens is 380 g/mol. The molecule has 0 aliphatic heterocycles. The van der Waals surface area contributed by atoms with E-state index in [1.54, 1.807) is 22.9 Å². The smallest absolute Gasteiger partial charge is 0.276 e. The lowest BCUT2D eigenvalue weighted by Crippen LogP contribution is -2.43. The van der Waals surface area contributed by atoms with E-state index in [9.17, 15) is 9.59 Å². The van der Waals surface area contributed by atoms with Crippen LogP contribution in [0, 0.1) is 19.8 Å². The van der Waals surface area contributed by atoms with E-state index in [-0.39, 0.29) is 6.61 Å². The first-order valence-corrected chi connectivity index (χ1v) is 9.33. The molecule has 1 heterocycles. The maximum atomic E-state index is 11.9. The standard InChI is InChI=1S/C20H25ClN4O3/c1-13(2)11-25-20(21)17(15(4)24-25)9-10-18(26)22-23-19(27)12-28-16-7-5-14(3)6-8-16/h5-10,13H,11-12H2,1-4H3,(H,22,26)(H,23,27). The molecule has 0 saturated carbocycles. The van der Waals surface area contributed by atoms with E-state index < -0.39 is 11.8 Å². The van der Waals surface area contributed by atoms with Crippen molar-refractivity contribution in [1.29, 1.82) is 0 Å². The summed E-state index contributed by atoms with van der Waals surface area (Å²) in [5, 5.41) is 4.85. The molecule has 7 nitrogen and oxygen atoms in total. The van der Waals surface area contributed by atoms with Gasteiger partial charge in [0.25, 0.3) is 11.8 Å². The molecule has 8 heteroatoms. The summed E-state index contributed by atoms with van der Waals surface area (Å²) in [5.41, 5.74) is 7.09. The van der Waals surface area contributed by atoms with Gasteiger partial charge in [0, 0.05) is 18.2 Å². The number of nitrogens with one attached hydrogen (secondary N) is 2. The lowest BCUT2D eigenvalue weighted by atomic mass is 10.2. The Labute approximate surface area is 169 Å². The predicted molar refractivity (Wildman–Crippen MR) is 109 cm³/mol. The molecule has 150 valence electrons. The van der Waals surface area contributed by atoms with Crippen molar-refractivity contribution >= 4 is 29.5 Å². The Kier molecular flexibility index (Phi) is 7.63. The average Bonchev–Trinajstić information content (AvgIpc) is 2.90. The van der Waals surface area contributed by atoms with Gasteiger partial charge >= 0.3 is 0 Å². The highest BCUT2D eigenvalue weighted by Crippen LogP contribution is 2.22. The molecule has 1 aromatic carbocycles. The molecule has 0 aliphatic rings. The Hall–Kier alpha value is -2.80.